The van der Waals surface area contributed by atoms with E-state index in [1.807, 2.05) is 18.5 Å². The molecular weight excluding hydrogens is 726 g/mol. The maximum atomic E-state index is 6.60. The zero-order valence-electron chi connectivity index (χ0n) is 25.6. The van der Waals surface area contributed by atoms with Gasteiger partial charge in [-0.15, -0.1) is 0 Å². The Morgan fingerprint density at radius 1 is 0.864 bits per heavy atom. The quantitative estimate of drug-likeness (QED) is 0.161. The number of aromatic nitrogens is 5. The van der Waals surface area contributed by atoms with E-state index in [4.69, 9.17) is 14.8 Å². The van der Waals surface area contributed by atoms with E-state index < -0.39 is 0 Å². The fourth-order valence-corrected chi connectivity index (χ4v) is 7.00. The molecule has 4 heterocycles. The van der Waals surface area contributed by atoms with Crippen molar-refractivity contribution in [2.45, 2.75) is 45.9 Å². The smallest absolute Gasteiger partial charge is 0.192 e. The van der Waals surface area contributed by atoms with Crippen LogP contribution >= 0.6 is 0 Å². The van der Waals surface area contributed by atoms with E-state index in [0.717, 1.165) is 62.0 Å². The first-order valence-corrected chi connectivity index (χ1v) is 16.2. The molecule has 44 heavy (non-hydrogen) atoms. The molecule has 1 aliphatic heterocycles. The SMILES string of the molecule is CCCB1N(c2cc(C(C)(C)C)ccn2)c2cc(Oc3cccc(-n4[c](=[Pt])n(C)c5ccccc54)c3)ccc2-c2ccnn21. The number of ether oxygens (including phenoxy) is 1. The van der Waals surface area contributed by atoms with Gasteiger partial charge in [0.2, 0.25) is 0 Å². The van der Waals surface area contributed by atoms with E-state index in [9.17, 15) is 0 Å². The monoisotopic (exact) mass is 761 g/mol. The van der Waals surface area contributed by atoms with E-state index in [1.165, 1.54) is 11.1 Å². The van der Waals surface area contributed by atoms with Crippen molar-refractivity contribution in [2.24, 2.45) is 7.05 Å². The third kappa shape index (κ3) is 4.86. The first kappa shape index (κ1) is 28.6. The van der Waals surface area contributed by atoms with Crippen LogP contribution in [0.3, 0.4) is 0 Å². The van der Waals surface area contributed by atoms with Crippen LogP contribution in [0.25, 0.3) is 28.0 Å². The molecule has 0 aliphatic carbocycles. The van der Waals surface area contributed by atoms with Crippen LogP contribution in [0.1, 0.15) is 39.7 Å². The molecule has 0 amide bonds. The van der Waals surface area contributed by atoms with E-state index in [0.29, 0.717) is 0 Å². The third-order valence-electron chi connectivity index (χ3n) is 8.38. The number of rotatable bonds is 6. The number of aryl methyl sites for hydroxylation is 1. The maximum absolute atomic E-state index is 6.60. The van der Waals surface area contributed by atoms with Gasteiger partial charge in [-0.3, -0.25) is 0 Å². The average Bonchev–Trinajstić information content (AvgIpc) is 3.60. The molecule has 0 N–H and O–H groups in total. The zero-order valence-corrected chi connectivity index (χ0v) is 27.9. The molecule has 3 aromatic carbocycles. The number of para-hydroxylation sites is 2. The molecule has 0 fully saturated rings. The van der Waals surface area contributed by atoms with Gasteiger partial charge in [-0.2, -0.15) is 5.10 Å². The van der Waals surface area contributed by atoms with Crippen molar-refractivity contribution in [3.05, 3.63) is 107 Å². The minimum atomic E-state index is 0.00332. The number of fused-ring (bicyclic) bond motifs is 4. The summed E-state index contributed by atoms with van der Waals surface area (Å²) in [6.45, 7) is 8.94. The standard InChI is InChI=1S/C35H35BN6O.Pt/c1-6-18-36-41(34-21-25(16-19-37-34)35(2,3)4)33-23-28(14-15-29(33)30-17-20-38-42(30)36)43-27-11-9-10-26(22-27)40-24-39(5)31-12-7-8-13-32(31)40;/h7-17,19-23H,6,18H2,1-5H3;. The van der Waals surface area contributed by atoms with Gasteiger partial charge in [0.1, 0.15) is 0 Å². The Balaban J connectivity index is 1.32. The minimum absolute atomic E-state index is 0.00332. The zero-order chi connectivity index (χ0) is 30.6. The van der Waals surface area contributed by atoms with Crippen LogP contribution in [0, 0.1) is 3.80 Å². The topological polar surface area (TPSA) is 53.0 Å². The van der Waals surface area contributed by atoms with Gasteiger partial charge in [0.05, 0.1) is 0 Å². The number of anilines is 2. The predicted molar refractivity (Wildman–Crippen MR) is 175 cm³/mol. The second-order valence-corrected chi connectivity index (χ2v) is 13.4. The van der Waals surface area contributed by atoms with E-state index in [2.05, 4.69) is 151 Å². The van der Waals surface area contributed by atoms with Crippen molar-refractivity contribution in [1.82, 2.24) is 23.8 Å². The Kier molecular flexibility index (Phi) is 7.21. The Bertz CT molecular complexity index is 2070. The average molecular weight is 762 g/mol. The van der Waals surface area contributed by atoms with Gasteiger partial charge in [0.25, 0.3) is 0 Å². The summed E-state index contributed by atoms with van der Waals surface area (Å²) < 4.78 is 14.3. The van der Waals surface area contributed by atoms with Crippen molar-refractivity contribution in [2.75, 3.05) is 4.81 Å². The summed E-state index contributed by atoms with van der Waals surface area (Å²) in [5.41, 5.74) is 7.94. The molecule has 7 nitrogen and oxygen atoms in total. The number of benzene rings is 3. The van der Waals surface area contributed by atoms with Crippen molar-refractivity contribution >= 4 is 29.5 Å². The molecule has 9 heteroatoms. The first-order chi connectivity index (χ1) is 21.2. The molecule has 3 aromatic heterocycles. The van der Waals surface area contributed by atoms with Gasteiger partial charge in [-0.25, -0.2) is 0 Å². The first-order valence-electron chi connectivity index (χ1n) is 15.1. The summed E-state index contributed by atoms with van der Waals surface area (Å²) in [5.74, 6) is 2.47. The minimum Gasteiger partial charge on any atom is -0.192 e. The number of hydrogen-bond donors (Lipinski definition) is 0. The number of imidazole rings is 1. The van der Waals surface area contributed by atoms with Gasteiger partial charge >= 0.3 is 202 Å². The molecule has 0 bridgehead atoms. The van der Waals surface area contributed by atoms with Crippen molar-refractivity contribution in [1.29, 1.82) is 0 Å². The van der Waals surface area contributed by atoms with Crippen molar-refractivity contribution in [3.8, 4) is 28.4 Å². The number of hydrogen-bond acceptors (Lipinski definition) is 4. The Labute approximate surface area is 269 Å². The van der Waals surface area contributed by atoms with Crippen LogP contribution in [0.2, 0.25) is 6.32 Å². The van der Waals surface area contributed by atoms with Crippen LogP contribution in [0.15, 0.2) is 97.3 Å². The molecule has 7 rings (SSSR count). The summed E-state index contributed by atoms with van der Waals surface area (Å²) >= 11 is 2.39. The van der Waals surface area contributed by atoms with Gasteiger partial charge in [-0.1, -0.05) is 34.1 Å². The summed E-state index contributed by atoms with van der Waals surface area (Å²) in [6, 6.07) is 29.6. The predicted octanol–water partition coefficient (Wildman–Crippen LogP) is 8.29. The van der Waals surface area contributed by atoms with Gasteiger partial charge < -0.3 is 0 Å². The molecular formula is C35H35BN6OPt. The van der Waals surface area contributed by atoms with Gasteiger partial charge in [0.15, 0.2) is 0 Å². The number of nitrogens with zero attached hydrogens (tertiary/aromatic N) is 6. The molecule has 0 radical (unpaired) electrons. The fourth-order valence-electron chi connectivity index (χ4n) is 6.16. The van der Waals surface area contributed by atoms with Gasteiger partial charge in [-0.05, 0) is 17.0 Å². The summed E-state index contributed by atoms with van der Waals surface area (Å²) in [6.07, 6.45) is 5.77. The second-order valence-electron chi connectivity index (χ2n) is 12.4. The van der Waals surface area contributed by atoms with Crippen molar-refractivity contribution < 1.29 is 24.1 Å². The normalized spacial score (nSPS) is 12.9. The second kappa shape index (κ2) is 11.1. The van der Waals surface area contributed by atoms with Crippen LogP contribution in [0.5, 0.6) is 11.5 Å². The van der Waals surface area contributed by atoms with Crippen molar-refractivity contribution in [3.63, 3.8) is 0 Å². The molecule has 0 unspecified atom stereocenters. The molecule has 1 aliphatic rings. The molecule has 0 saturated carbocycles. The summed E-state index contributed by atoms with van der Waals surface area (Å²) in [4.78, 5) is 7.24. The summed E-state index contributed by atoms with van der Waals surface area (Å²) in [5, 5.41) is 4.77. The molecule has 0 spiro atoms. The van der Waals surface area contributed by atoms with Crippen LogP contribution in [0.4, 0.5) is 11.5 Å². The van der Waals surface area contributed by atoms with Crippen LogP contribution in [-0.2, 0) is 31.8 Å². The van der Waals surface area contributed by atoms with E-state index in [-0.39, 0.29) is 12.4 Å². The van der Waals surface area contributed by atoms with Crippen LogP contribution in [-0.4, -0.2) is 30.8 Å². The van der Waals surface area contributed by atoms with E-state index >= 15 is 0 Å². The third-order valence-corrected chi connectivity index (χ3v) is 9.65. The van der Waals surface area contributed by atoms with Crippen LogP contribution < -0.4 is 9.55 Å². The molecule has 0 saturated heterocycles. The Morgan fingerprint density at radius 2 is 1.66 bits per heavy atom. The van der Waals surface area contributed by atoms with Gasteiger partial charge in [0, 0.05) is 12.4 Å². The van der Waals surface area contributed by atoms with E-state index in [1.54, 1.807) is 0 Å². The molecule has 0 atom stereocenters. The number of pyridine rings is 1. The summed E-state index contributed by atoms with van der Waals surface area (Å²) in [7, 11) is 2.10. The Hall–Kier alpha value is -4.16. The Morgan fingerprint density at radius 3 is 2.45 bits per heavy atom. The fraction of sp³-hybridized carbons (Fsp3) is 0.229. The molecule has 6 aromatic rings. The molecule has 224 valence electrons.